The summed E-state index contributed by atoms with van der Waals surface area (Å²) < 4.78 is 0. The molecular formula is C22H28N6O3. The molecule has 1 aromatic rings. The molecule has 0 spiro atoms. The van der Waals surface area contributed by atoms with Gasteiger partial charge in [-0.1, -0.05) is 12.1 Å². The second-order valence-electron chi connectivity index (χ2n) is 8.70. The van der Waals surface area contributed by atoms with Gasteiger partial charge in [0.15, 0.2) is 0 Å². The third kappa shape index (κ3) is 3.77. The van der Waals surface area contributed by atoms with E-state index in [1.165, 1.54) is 0 Å². The molecule has 2 bridgehead atoms. The fourth-order valence-electron chi connectivity index (χ4n) is 5.22. The molecule has 1 aromatic carbocycles. The highest BCUT2D eigenvalue weighted by molar-refractivity contribution is 5.93. The van der Waals surface area contributed by atoms with Gasteiger partial charge in [-0.2, -0.15) is 5.26 Å². The zero-order chi connectivity index (χ0) is 22.3. The number of primary amides is 1. The molecular weight excluding hydrogens is 396 g/mol. The van der Waals surface area contributed by atoms with Crippen LogP contribution in [0.5, 0.6) is 0 Å². The molecule has 3 unspecified atom stereocenters. The van der Waals surface area contributed by atoms with Gasteiger partial charge in [-0.15, -0.1) is 0 Å². The van der Waals surface area contributed by atoms with Crippen LogP contribution in [0, 0.1) is 11.3 Å². The average molecular weight is 425 g/mol. The smallest absolute Gasteiger partial charge is 0.248 e. The number of hydrogen-bond acceptors (Lipinski definition) is 6. The van der Waals surface area contributed by atoms with Crippen LogP contribution in [0.2, 0.25) is 0 Å². The number of likely N-dealkylation sites (tertiary alicyclic amines) is 3. The number of fused-ring (bicyclic) bond motifs is 2. The first-order valence-electron chi connectivity index (χ1n) is 10.7. The third-order valence-corrected chi connectivity index (χ3v) is 6.82. The van der Waals surface area contributed by atoms with Gasteiger partial charge >= 0.3 is 0 Å². The van der Waals surface area contributed by atoms with Crippen molar-refractivity contribution >= 4 is 17.7 Å². The summed E-state index contributed by atoms with van der Waals surface area (Å²) in [6, 6.07) is 7.64. The van der Waals surface area contributed by atoms with E-state index in [9.17, 15) is 19.6 Å². The summed E-state index contributed by atoms with van der Waals surface area (Å²) in [6.45, 7) is 3.47. The Hall–Kier alpha value is -2.96. The minimum absolute atomic E-state index is 0.0175. The van der Waals surface area contributed by atoms with Crippen molar-refractivity contribution in [2.75, 3.05) is 19.6 Å². The lowest BCUT2D eigenvalue weighted by Gasteiger charge is -2.38. The number of carbonyl (C=O) groups excluding carboxylic acids is 3. The van der Waals surface area contributed by atoms with Gasteiger partial charge in [-0.3, -0.25) is 19.3 Å². The SMILES string of the molecule is C[C@@H](c1cccc(C(N)=O)c1)N1C(=O)C2C[C@H]1CN2CC(N)C(=O)N1CCCC1C#N. The molecule has 164 valence electrons. The maximum atomic E-state index is 13.1. The quantitative estimate of drug-likeness (QED) is 0.658. The van der Waals surface area contributed by atoms with Crippen LogP contribution < -0.4 is 11.5 Å². The highest BCUT2D eigenvalue weighted by atomic mass is 16.2. The van der Waals surface area contributed by atoms with Gasteiger partial charge in [0.2, 0.25) is 17.7 Å². The number of piperazine rings is 1. The van der Waals surface area contributed by atoms with Gasteiger partial charge in [0, 0.05) is 31.2 Å². The molecule has 9 nitrogen and oxygen atoms in total. The van der Waals surface area contributed by atoms with Crippen molar-refractivity contribution in [3.05, 3.63) is 35.4 Å². The minimum Gasteiger partial charge on any atom is -0.366 e. The molecule has 4 rings (SSSR count). The van der Waals surface area contributed by atoms with Crippen LogP contribution in [0.15, 0.2) is 24.3 Å². The maximum absolute atomic E-state index is 13.1. The molecule has 4 N–H and O–H groups in total. The zero-order valence-corrected chi connectivity index (χ0v) is 17.6. The lowest BCUT2D eigenvalue weighted by atomic mass is 10.0. The first-order chi connectivity index (χ1) is 14.8. The van der Waals surface area contributed by atoms with E-state index >= 15 is 0 Å². The van der Waals surface area contributed by atoms with Crippen LogP contribution in [-0.4, -0.2) is 76.2 Å². The van der Waals surface area contributed by atoms with Gasteiger partial charge in [0.25, 0.3) is 0 Å². The van der Waals surface area contributed by atoms with E-state index in [1.54, 1.807) is 23.1 Å². The molecule has 3 heterocycles. The fourth-order valence-corrected chi connectivity index (χ4v) is 5.22. The largest absolute Gasteiger partial charge is 0.366 e. The highest BCUT2D eigenvalue weighted by Gasteiger charge is 2.51. The molecule has 5 atom stereocenters. The molecule has 3 amide bonds. The van der Waals surface area contributed by atoms with Crippen molar-refractivity contribution in [1.82, 2.24) is 14.7 Å². The Bertz CT molecular complexity index is 943. The molecule has 3 aliphatic rings. The fraction of sp³-hybridized carbons (Fsp3) is 0.545. The van der Waals surface area contributed by atoms with E-state index in [4.69, 9.17) is 11.5 Å². The number of rotatable bonds is 6. The Morgan fingerprint density at radius 2 is 2.13 bits per heavy atom. The summed E-state index contributed by atoms with van der Waals surface area (Å²) in [6.07, 6.45) is 2.20. The predicted molar refractivity (Wildman–Crippen MR) is 112 cm³/mol. The topological polar surface area (TPSA) is 137 Å². The van der Waals surface area contributed by atoms with E-state index in [1.807, 2.05) is 22.8 Å². The number of nitriles is 1. The molecule has 0 aromatic heterocycles. The number of hydrogen-bond donors (Lipinski definition) is 2. The van der Waals surface area contributed by atoms with Crippen molar-refractivity contribution in [2.24, 2.45) is 11.5 Å². The summed E-state index contributed by atoms with van der Waals surface area (Å²) in [4.78, 5) is 42.8. The monoisotopic (exact) mass is 424 g/mol. The Balaban J connectivity index is 1.41. The van der Waals surface area contributed by atoms with Crippen molar-refractivity contribution in [3.63, 3.8) is 0 Å². The number of carbonyl (C=O) groups is 3. The van der Waals surface area contributed by atoms with Gasteiger partial charge in [-0.25, -0.2) is 0 Å². The van der Waals surface area contributed by atoms with E-state index in [-0.39, 0.29) is 29.9 Å². The Labute approximate surface area is 181 Å². The molecule has 0 saturated carbocycles. The van der Waals surface area contributed by atoms with Gasteiger partial charge < -0.3 is 21.3 Å². The van der Waals surface area contributed by atoms with Crippen LogP contribution in [0.3, 0.4) is 0 Å². The molecule has 3 saturated heterocycles. The summed E-state index contributed by atoms with van der Waals surface area (Å²) >= 11 is 0. The summed E-state index contributed by atoms with van der Waals surface area (Å²) in [7, 11) is 0. The maximum Gasteiger partial charge on any atom is 0.248 e. The normalized spacial score (nSPS) is 27.4. The second-order valence-corrected chi connectivity index (χ2v) is 8.70. The Morgan fingerprint density at radius 1 is 1.35 bits per heavy atom. The standard InChI is InChI=1S/C22H28N6O3/c1-13(14-4-2-5-15(8-14)20(25)29)28-17-9-19(22(28)31)26(11-17)12-18(24)21(30)27-7-3-6-16(27)10-23/h2,4-5,8,13,16-19H,3,6-7,9,11-12,24H2,1H3,(H2,25,29)/t13-,16?,17-,18?,19?/m0/s1. The Kier molecular flexibility index (Phi) is 5.69. The zero-order valence-electron chi connectivity index (χ0n) is 17.6. The first kappa shape index (κ1) is 21.3. The molecule has 3 fully saturated rings. The number of amides is 3. The number of benzene rings is 1. The van der Waals surface area contributed by atoms with Crippen LogP contribution >= 0.6 is 0 Å². The predicted octanol–water partition coefficient (Wildman–Crippen LogP) is -0.0265. The first-order valence-corrected chi connectivity index (χ1v) is 10.7. The van der Waals surface area contributed by atoms with Crippen LogP contribution in [0.4, 0.5) is 0 Å². The van der Waals surface area contributed by atoms with Crippen molar-refractivity contribution in [2.45, 2.75) is 56.4 Å². The van der Waals surface area contributed by atoms with Crippen LogP contribution in [-0.2, 0) is 9.59 Å². The van der Waals surface area contributed by atoms with Crippen LogP contribution in [0.1, 0.15) is 48.1 Å². The van der Waals surface area contributed by atoms with E-state index in [0.717, 1.165) is 12.0 Å². The van der Waals surface area contributed by atoms with Gasteiger partial charge in [-0.05, 0) is 43.9 Å². The third-order valence-electron chi connectivity index (χ3n) is 6.82. The molecule has 31 heavy (non-hydrogen) atoms. The van der Waals surface area contributed by atoms with E-state index in [2.05, 4.69) is 6.07 Å². The molecule has 0 radical (unpaired) electrons. The molecule has 9 heteroatoms. The van der Waals surface area contributed by atoms with E-state index in [0.29, 0.717) is 38.0 Å². The van der Waals surface area contributed by atoms with Gasteiger partial charge in [0.05, 0.1) is 24.2 Å². The summed E-state index contributed by atoms with van der Waals surface area (Å²) in [5, 5.41) is 9.22. The minimum atomic E-state index is -0.751. The number of nitrogens with zero attached hydrogens (tertiary/aromatic N) is 4. The second kappa shape index (κ2) is 8.29. The van der Waals surface area contributed by atoms with Crippen molar-refractivity contribution in [3.8, 4) is 6.07 Å². The van der Waals surface area contributed by atoms with Crippen LogP contribution in [0.25, 0.3) is 0 Å². The van der Waals surface area contributed by atoms with E-state index < -0.39 is 18.0 Å². The molecule has 3 aliphatic heterocycles. The summed E-state index contributed by atoms with van der Waals surface area (Å²) in [5.74, 6) is -0.693. The van der Waals surface area contributed by atoms with Crippen molar-refractivity contribution in [1.29, 1.82) is 5.26 Å². The number of nitrogens with two attached hydrogens (primary N) is 2. The molecule has 0 aliphatic carbocycles. The van der Waals surface area contributed by atoms with Gasteiger partial charge in [0.1, 0.15) is 6.04 Å². The summed E-state index contributed by atoms with van der Waals surface area (Å²) in [5.41, 5.74) is 12.9. The highest BCUT2D eigenvalue weighted by Crippen LogP contribution is 2.38. The average Bonchev–Trinajstić information content (AvgIpc) is 3.47. The lowest BCUT2D eigenvalue weighted by molar-refractivity contribution is -0.140. The van der Waals surface area contributed by atoms with Crippen molar-refractivity contribution < 1.29 is 14.4 Å². The lowest BCUT2D eigenvalue weighted by Crippen LogP contribution is -2.56. The Morgan fingerprint density at radius 3 is 2.81 bits per heavy atom.